The van der Waals surface area contributed by atoms with Gasteiger partial charge in [0.15, 0.2) is 0 Å². The number of hydrogen-bond donors (Lipinski definition) is 0. The second-order valence-corrected chi connectivity index (χ2v) is 5.26. The van der Waals surface area contributed by atoms with Gasteiger partial charge < -0.3 is 4.90 Å². The van der Waals surface area contributed by atoms with E-state index in [0.717, 1.165) is 12.2 Å². The molecule has 0 radical (unpaired) electrons. The van der Waals surface area contributed by atoms with Crippen molar-refractivity contribution in [1.82, 2.24) is 0 Å². The van der Waals surface area contributed by atoms with E-state index < -0.39 is 4.92 Å². The van der Waals surface area contributed by atoms with Gasteiger partial charge in [0.25, 0.3) is 5.69 Å². The molecular formula is C14H17N3O2. The van der Waals surface area contributed by atoms with Gasteiger partial charge in [0, 0.05) is 24.3 Å². The first-order chi connectivity index (χ1) is 9.02. The lowest BCUT2D eigenvalue weighted by atomic mass is 10.1. The van der Waals surface area contributed by atoms with Crippen LogP contribution in [-0.2, 0) is 0 Å². The molecule has 5 heteroatoms. The Kier molecular flexibility index (Phi) is 3.70. The number of hydrogen-bond acceptors (Lipinski definition) is 4. The molecule has 0 saturated heterocycles. The number of rotatable bonds is 5. The highest BCUT2D eigenvalue weighted by Crippen LogP contribution is 2.33. The van der Waals surface area contributed by atoms with Crippen molar-refractivity contribution in [3.8, 4) is 6.07 Å². The molecule has 1 aromatic carbocycles. The van der Waals surface area contributed by atoms with Crippen LogP contribution in [0, 0.1) is 27.4 Å². The van der Waals surface area contributed by atoms with E-state index in [1.54, 1.807) is 6.07 Å². The summed E-state index contributed by atoms with van der Waals surface area (Å²) < 4.78 is 0. The lowest BCUT2D eigenvalue weighted by molar-refractivity contribution is -0.385. The maximum Gasteiger partial charge on any atom is 0.289 e. The van der Waals surface area contributed by atoms with Crippen molar-refractivity contribution in [1.29, 1.82) is 5.26 Å². The molecule has 0 N–H and O–H groups in total. The molecule has 0 heterocycles. The molecule has 1 aliphatic carbocycles. The lowest BCUT2D eigenvalue weighted by Crippen LogP contribution is -2.32. The molecule has 0 atom stereocenters. The van der Waals surface area contributed by atoms with Gasteiger partial charge in [-0.25, -0.2) is 0 Å². The van der Waals surface area contributed by atoms with Gasteiger partial charge in [-0.05, 0) is 44.7 Å². The van der Waals surface area contributed by atoms with Crippen LogP contribution in [-0.4, -0.2) is 17.5 Å². The van der Waals surface area contributed by atoms with Gasteiger partial charge >= 0.3 is 0 Å². The first kappa shape index (κ1) is 13.3. The maximum absolute atomic E-state index is 11.0. The van der Waals surface area contributed by atoms with E-state index in [4.69, 9.17) is 5.26 Å². The van der Waals surface area contributed by atoms with E-state index in [1.165, 1.54) is 25.0 Å². The van der Waals surface area contributed by atoms with E-state index in [9.17, 15) is 10.1 Å². The molecule has 1 fully saturated rings. The van der Waals surface area contributed by atoms with Gasteiger partial charge in [-0.3, -0.25) is 10.1 Å². The summed E-state index contributed by atoms with van der Waals surface area (Å²) in [4.78, 5) is 12.7. The second kappa shape index (κ2) is 5.27. The van der Waals surface area contributed by atoms with Crippen LogP contribution in [0.1, 0.15) is 32.3 Å². The third kappa shape index (κ3) is 3.02. The second-order valence-electron chi connectivity index (χ2n) is 5.26. The zero-order chi connectivity index (χ0) is 14.0. The van der Waals surface area contributed by atoms with Crippen molar-refractivity contribution in [2.45, 2.75) is 32.7 Å². The predicted molar refractivity (Wildman–Crippen MR) is 73.0 cm³/mol. The minimum atomic E-state index is -0.488. The van der Waals surface area contributed by atoms with Crippen molar-refractivity contribution in [2.24, 2.45) is 5.92 Å². The van der Waals surface area contributed by atoms with Crippen molar-refractivity contribution >= 4 is 11.4 Å². The normalized spacial score (nSPS) is 14.2. The first-order valence-corrected chi connectivity index (χ1v) is 6.48. The largest absolute Gasteiger partial charge is 0.369 e. The standard InChI is InChI=1S/C14H17N3O2/c1-10(2)16(9-11-3-4-11)13-6-5-12(8-15)14(7-13)17(18)19/h5-7,10-11H,3-4,9H2,1-2H3. The smallest absolute Gasteiger partial charge is 0.289 e. The summed E-state index contributed by atoms with van der Waals surface area (Å²) in [6.45, 7) is 5.08. The van der Waals surface area contributed by atoms with Crippen LogP contribution in [0.5, 0.6) is 0 Å². The van der Waals surface area contributed by atoms with Gasteiger partial charge in [0.2, 0.25) is 0 Å². The molecule has 0 aliphatic heterocycles. The number of nitriles is 1. The molecule has 19 heavy (non-hydrogen) atoms. The van der Waals surface area contributed by atoms with Gasteiger partial charge in [-0.1, -0.05) is 0 Å². The van der Waals surface area contributed by atoms with Crippen LogP contribution in [0.4, 0.5) is 11.4 Å². The molecule has 0 bridgehead atoms. The lowest BCUT2D eigenvalue weighted by Gasteiger charge is -2.29. The highest BCUT2D eigenvalue weighted by molar-refractivity contribution is 5.60. The minimum Gasteiger partial charge on any atom is -0.369 e. The van der Waals surface area contributed by atoms with E-state index in [0.29, 0.717) is 5.92 Å². The predicted octanol–water partition coefficient (Wildman–Crippen LogP) is 3.09. The van der Waals surface area contributed by atoms with E-state index in [2.05, 4.69) is 18.7 Å². The zero-order valence-corrected chi connectivity index (χ0v) is 11.2. The summed E-state index contributed by atoms with van der Waals surface area (Å²) in [6.07, 6.45) is 2.48. The number of benzene rings is 1. The van der Waals surface area contributed by atoms with Crippen molar-refractivity contribution in [3.05, 3.63) is 33.9 Å². The quantitative estimate of drug-likeness (QED) is 0.601. The number of anilines is 1. The number of nitrogens with zero attached hydrogens (tertiary/aromatic N) is 3. The Balaban J connectivity index is 2.34. The SMILES string of the molecule is CC(C)N(CC1CC1)c1ccc(C#N)c([N+](=O)[O-])c1. The average Bonchev–Trinajstić information content (AvgIpc) is 3.18. The van der Waals surface area contributed by atoms with E-state index in [1.807, 2.05) is 6.07 Å². The molecule has 1 aromatic rings. The number of nitro groups is 1. The Morgan fingerprint density at radius 1 is 1.53 bits per heavy atom. The van der Waals surface area contributed by atoms with Crippen molar-refractivity contribution < 1.29 is 4.92 Å². The highest BCUT2D eigenvalue weighted by Gasteiger charge is 2.27. The fraction of sp³-hybridized carbons (Fsp3) is 0.500. The average molecular weight is 259 g/mol. The zero-order valence-electron chi connectivity index (χ0n) is 11.2. The molecule has 100 valence electrons. The molecule has 5 nitrogen and oxygen atoms in total. The van der Waals surface area contributed by atoms with Crippen LogP contribution in [0.15, 0.2) is 18.2 Å². The Bertz CT molecular complexity index is 530. The van der Waals surface area contributed by atoms with Gasteiger partial charge in [0.05, 0.1) is 4.92 Å². The third-order valence-electron chi connectivity index (χ3n) is 3.41. The van der Waals surface area contributed by atoms with Crippen LogP contribution in [0.25, 0.3) is 0 Å². The maximum atomic E-state index is 11.0. The molecule has 1 saturated carbocycles. The minimum absolute atomic E-state index is 0.110. The molecule has 0 spiro atoms. The summed E-state index contributed by atoms with van der Waals surface area (Å²) in [7, 11) is 0. The van der Waals surface area contributed by atoms with Gasteiger partial charge in [-0.15, -0.1) is 0 Å². The topological polar surface area (TPSA) is 70.2 Å². The van der Waals surface area contributed by atoms with Crippen LogP contribution in [0.2, 0.25) is 0 Å². The van der Waals surface area contributed by atoms with Crippen LogP contribution < -0.4 is 4.90 Å². The summed E-state index contributed by atoms with van der Waals surface area (Å²) in [6, 6.07) is 7.00. The first-order valence-electron chi connectivity index (χ1n) is 6.48. The van der Waals surface area contributed by atoms with Crippen LogP contribution in [0.3, 0.4) is 0 Å². The molecule has 0 amide bonds. The Morgan fingerprint density at radius 2 is 2.21 bits per heavy atom. The molecular weight excluding hydrogens is 242 g/mol. The molecule has 1 aliphatic rings. The highest BCUT2D eigenvalue weighted by atomic mass is 16.6. The van der Waals surface area contributed by atoms with Crippen molar-refractivity contribution in [2.75, 3.05) is 11.4 Å². The van der Waals surface area contributed by atoms with E-state index >= 15 is 0 Å². The Hall–Kier alpha value is -2.09. The summed E-state index contributed by atoms with van der Waals surface area (Å²) in [5.74, 6) is 0.706. The Morgan fingerprint density at radius 3 is 2.68 bits per heavy atom. The third-order valence-corrected chi connectivity index (χ3v) is 3.41. The summed E-state index contributed by atoms with van der Waals surface area (Å²) in [5.41, 5.74) is 0.831. The molecule has 0 unspecified atom stereocenters. The van der Waals surface area contributed by atoms with Gasteiger partial charge in [-0.2, -0.15) is 5.26 Å². The summed E-state index contributed by atoms with van der Waals surface area (Å²) in [5, 5.41) is 19.9. The fourth-order valence-electron chi connectivity index (χ4n) is 2.14. The summed E-state index contributed by atoms with van der Waals surface area (Å²) >= 11 is 0. The molecule has 0 aromatic heterocycles. The van der Waals surface area contributed by atoms with E-state index in [-0.39, 0.29) is 17.3 Å². The van der Waals surface area contributed by atoms with Crippen LogP contribution >= 0.6 is 0 Å². The fourth-order valence-corrected chi connectivity index (χ4v) is 2.14. The number of nitro benzene ring substituents is 1. The monoisotopic (exact) mass is 259 g/mol. The van der Waals surface area contributed by atoms with Crippen molar-refractivity contribution in [3.63, 3.8) is 0 Å². The van der Waals surface area contributed by atoms with Gasteiger partial charge in [0.1, 0.15) is 11.6 Å². The molecule has 2 rings (SSSR count). The Labute approximate surface area is 112 Å².